The zero-order valence-corrected chi connectivity index (χ0v) is 18.4. The quantitative estimate of drug-likeness (QED) is 0.448. The van der Waals surface area contributed by atoms with E-state index in [1.54, 1.807) is 17.7 Å². The first-order valence-electron chi connectivity index (χ1n) is 10.0. The zero-order chi connectivity index (χ0) is 21.8. The first-order chi connectivity index (χ1) is 15.1. The molecule has 0 aliphatic heterocycles. The Balaban J connectivity index is 1.49. The molecule has 2 heterocycles. The molecule has 0 unspecified atom stereocenters. The van der Waals surface area contributed by atoms with Crippen molar-refractivity contribution in [2.24, 2.45) is 0 Å². The molecule has 0 fully saturated rings. The molecular weight excluding hydrogens is 414 g/mol. The Hall–Kier alpha value is -3.46. The zero-order valence-electron chi connectivity index (χ0n) is 17.6. The van der Waals surface area contributed by atoms with Crippen molar-refractivity contribution < 1.29 is 14.3 Å². The number of carbonyl (C=O) groups is 1. The summed E-state index contributed by atoms with van der Waals surface area (Å²) in [6, 6.07) is 13.3. The molecule has 31 heavy (non-hydrogen) atoms. The highest BCUT2D eigenvalue weighted by molar-refractivity contribution is 7.19. The summed E-state index contributed by atoms with van der Waals surface area (Å²) in [6.45, 7) is 4.00. The minimum Gasteiger partial charge on any atom is -0.495 e. The number of anilines is 1. The summed E-state index contributed by atoms with van der Waals surface area (Å²) in [7, 11) is 1.56. The number of benzene rings is 2. The Morgan fingerprint density at radius 3 is 2.61 bits per heavy atom. The van der Waals surface area contributed by atoms with Crippen LogP contribution < -0.4 is 14.8 Å². The summed E-state index contributed by atoms with van der Waals surface area (Å²) < 4.78 is 12.8. The van der Waals surface area contributed by atoms with Crippen LogP contribution in [0.4, 0.5) is 5.69 Å². The van der Waals surface area contributed by atoms with Gasteiger partial charge in [-0.15, -0.1) is 10.2 Å². The lowest BCUT2D eigenvalue weighted by atomic mass is 10.2. The second-order valence-electron chi connectivity index (χ2n) is 6.82. The Bertz CT molecular complexity index is 1200. The number of hydrogen-bond donors (Lipinski definition) is 1. The standard InChI is InChI=1S/C22H23N5O3S/c1-4-14-6-9-16(10-7-14)30-13-20(28)23-17-12-15(8-11-18(17)29-3)21-26-27-19(5-2)24-25-22(27)31-21/h6-12H,4-5,13H2,1-3H3,(H,23,28). The van der Waals surface area contributed by atoms with E-state index < -0.39 is 0 Å². The molecule has 0 bridgehead atoms. The van der Waals surface area contributed by atoms with E-state index in [1.165, 1.54) is 16.9 Å². The molecule has 2 aromatic carbocycles. The maximum atomic E-state index is 12.5. The molecule has 160 valence electrons. The lowest BCUT2D eigenvalue weighted by Gasteiger charge is -2.12. The molecule has 0 spiro atoms. The van der Waals surface area contributed by atoms with Crippen molar-refractivity contribution in [3.8, 4) is 22.1 Å². The van der Waals surface area contributed by atoms with Crippen molar-refractivity contribution in [3.05, 3.63) is 53.9 Å². The van der Waals surface area contributed by atoms with E-state index in [4.69, 9.17) is 9.47 Å². The number of hydrogen-bond acceptors (Lipinski definition) is 7. The number of carbonyl (C=O) groups excluding carboxylic acids is 1. The number of nitrogens with one attached hydrogen (secondary N) is 1. The molecule has 0 atom stereocenters. The smallest absolute Gasteiger partial charge is 0.262 e. The fraction of sp³-hybridized carbons (Fsp3) is 0.273. The maximum absolute atomic E-state index is 12.5. The molecule has 1 N–H and O–H groups in total. The van der Waals surface area contributed by atoms with Crippen molar-refractivity contribution in [2.75, 3.05) is 19.0 Å². The van der Waals surface area contributed by atoms with Gasteiger partial charge in [0, 0.05) is 12.0 Å². The van der Waals surface area contributed by atoms with E-state index in [2.05, 4.69) is 27.5 Å². The highest BCUT2D eigenvalue weighted by atomic mass is 32.1. The molecule has 0 saturated carbocycles. The van der Waals surface area contributed by atoms with Gasteiger partial charge >= 0.3 is 0 Å². The number of aromatic nitrogens is 4. The van der Waals surface area contributed by atoms with Crippen molar-refractivity contribution >= 4 is 27.9 Å². The number of rotatable bonds is 8. The fourth-order valence-electron chi connectivity index (χ4n) is 3.09. The lowest BCUT2D eigenvalue weighted by Crippen LogP contribution is -2.20. The van der Waals surface area contributed by atoms with Crippen LogP contribution in [0, 0.1) is 0 Å². The summed E-state index contributed by atoms with van der Waals surface area (Å²) in [5.41, 5.74) is 2.62. The molecule has 1 amide bonds. The van der Waals surface area contributed by atoms with Gasteiger partial charge in [0.1, 0.15) is 16.5 Å². The van der Waals surface area contributed by atoms with Crippen molar-refractivity contribution in [1.82, 2.24) is 19.8 Å². The Kier molecular flexibility index (Phi) is 6.13. The van der Waals surface area contributed by atoms with E-state index in [1.807, 2.05) is 43.3 Å². The predicted octanol–water partition coefficient (Wildman–Crippen LogP) is 4.00. The molecule has 0 radical (unpaired) electrons. The monoisotopic (exact) mass is 437 g/mol. The van der Waals surface area contributed by atoms with Gasteiger partial charge in [-0.25, -0.2) is 0 Å². The summed E-state index contributed by atoms with van der Waals surface area (Å²) in [4.78, 5) is 13.2. The topological polar surface area (TPSA) is 90.6 Å². The largest absolute Gasteiger partial charge is 0.495 e. The third kappa shape index (κ3) is 4.51. The third-order valence-electron chi connectivity index (χ3n) is 4.79. The Morgan fingerprint density at radius 1 is 1.10 bits per heavy atom. The van der Waals surface area contributed by atoms with Gasteiger partial charge in [-0.05, 0) is 42.3 Å². The van der Waals surface area contributed by atoms with Gasteiger partial charge in [-0.1, -0.05) is 37.3 Å². The summed E-state index contributed by atoms with van der Waals surface area (Å²) in [6.07, 6.45) is 1.70. The predicted molar refractivity (Wildman–Crippen MR) is 120 cm³/mol. The lowest BCUT2D eigenvalue weighted by molar-refractivity contribution is -0.118. The molecule has 9 heteroatoms. The van der Waals surface area contributed by atoms with Crippen LogP contribution in [0.2, 0.25) is 0 Å². The number of fused-ring (bicyclic) bond motifs is 1. The Labute approximate surface area is 183 Å². The van der Waals surface area contributed by atoms with Crippen LogP contribution in [0.3, 0.4) is 0 Å². The number of ether oxygens (including phenoxy) is 2. The highest BCUT2D eigenvalue weighted by Gasteiger charge is 2.15. The first-order valence-corrected chi connectivity index (χ1v) is 10.8. The Morgan fingerprint density at radius 2 is 1.90 bits per heavy atom. The number of methoxy groups -OCH3 is 1. The highest BCUT2D eigenvalue weighted by Crippen LogP contribution is 2.32. The number of aryl methyl sites for hydroxylation is 2. The molecule has 0 aliphatic rings. The normalized spacial score (nSPS) is 10.9. The fourth-order valence-corrected chi connectivity index (χ4v) is 3.94. The van der Waals surface area contributed by atoms with Gasteiger partial charge in [0.15, 0.2) is 12.4 Å². The van der Waals surface area contributed by atoms with E-state index in [0.717, 1.165) is 34.2 Å². The first kappa shape index (κ1) is 20.8. The van der Waals surface area contributed by atoms with E-state index in [9.17, 15) is 4.79 Å². The van der Waals surface area contributed by atoms with Gasteiger partial charge in [0.2, 0.25) is 4.96 Å². The van der Waals surface area contributed by atoms with Crippen LogP contribution in [-0.2, 0) is 17.6 Å². The SMILES string of the molecule is CCc1ccc(OCC(=O)Nc2cc(-c3nn4c(CC)nnc4s3)ccc2OC)cc1. The molecule has 0 saturated heterocycles. The third-order valence-corrected chi connectivity index (χ3v) is 5.74. The van der Waals surface area contributed by atoms with Crippen molar-refractivity contribution in [3.63, 3.8) is 0 Å². The van der Waals surface area contributed by atoms with E-state index in [0.29, 0.717) is 17.2 Å². The summed E-state index contributed by atoms with van der Waals surface area (Å²) >= 11 is 1.44. The van der Waals surface area contributed by atoms with Crippen LogP contribution in [0.5, 0.6) is 11.5 Å². The maximum Gasteiger partial charge on any atom is 0.262 e. The minimum atomic E-state index is -0.276. The van der Waals surface area contributed by atoms with Crippen molar-refractivity contribution in [1.29, 1.82) is 0 Å². The second-order valence-corrected chi connectivity index (χ2v) is 7.78. The summed E-state index contributed by atoms with van der Waals surface area (Å²) in [5.74, 6) is 1.74. The molecule has 4 aromatic rings. The number of nitrogens with zero attached hydrogens (tertiary/aromatic N) is 4. The van der Waals surface area contributed by atoms with E-state index >= 15 is 0 Å². The molecule has 2 aromatic heterocycles. The molecular formula is C22H23N5O3S. The van der Waals surface area contributed by atoms with Gasteiger partial charge in [0.05, 0.1) is 12.8 Å². The van der Waals surface area contributed by atoms with Crippen LogP contribution in [0.1, 0.15) is 25.2 Å². The van der Waals surface area contributed by atoms with Crippen LogP contribution >= 0.6 is 11.3 Å². The van der Waals surface area contributed by atoms with Crippen LogP contribution in [-0.4, -0.2) is 39.4 Å². The van der Waals surface area contributed by atoms with Crippen molar-refractivity contribution in [2.45, 2.75) is 26.7 Å². The summed E-state index contributed by atoms with van der Waals surface area (Å²) in [5, 5.41) is 16.5. The van der Waals surface area contributed by atoms with Crippen LogP contribution in [0.25, 0.3) is 15.5 Å². The average Bonchev–Trinajstić information content (AvgIpc) is 3.39. The van der Waals surface area contributed by atoms with Crippen LogP contribution in [0.15, 0.2) is 42.5 Å². The number of amides is 1. The average molecular weight is 438 g/mol. The van der Waals surface area contributed by atoms with Gasteiger partial charge < -0.3 is 14.8 Å². The molecule has 8 nitrogen and oxygen atoms in total. The molecule has 0 aliphatic carbocycles. The van der Waals surface area contributed by atoms with Gasteiger partial charge in [0.25, 0.3) is 5.91 Å². The molecule has 4 rings (SSSR count). The van der Waals surface area contributed by atoms with Gasteiger partial charge in [-0.2, -0.15) is 9.61 Å². The van der Waals surface area contributed by atoms with Gasteiger partial charge in [-0.3, -0.25) is 4.79 Å². The van der Waals surface area contributed by atoms with E-state index in [-0.39, 0.29) is 12.5 Å². The second kappa shape index (κ2) is 9.13. The minimum absolute atomic E-state index is 0.102.